The summed E-state index contributed by atoms with van der Waals surface area (Å²) in [5, 5.41) is 10.5. The Hall–Kier alpha value is -1.72. The van der Waals surface area contributed by atoms with Crippen LogP contribution in [0, 0.1) is 0 Å². The van der Waals surface area contributed by atoms with Crippen LogP contribution in [0.3, 0.4) is 0 Å². The summed E-state index contributed by atoms with van der Waals surface area (Å²) in [5.41, 5.74) is 7.79. The lowest BCUT2D eigenvalue weighted by molar-refractivity contribution is 0.220. The SMILES string of the molecule is COc1ccc(C(O)c2cc(Br)ccc2N)cc1OC. The summed E-state index contributed by atoms with van der Waals surface area (Å²) >= 11 is 3.38. The number of ether oxygens (including phenoxy) is 2. The zero-order chi connectivity index (χ0) is 14.7. The standard InChI is InChI=1S/C15H16BrNO3/c1-19-13-6-3-9(7-14(13)20-2)15(18)11-8-10(16)4-5-12(11)17/h3-8,15,18H,17H2,1-2H3. The van der Waals surface area contributed by atoms with Gasteiger partial charge in [-0.05, 0) is 35.9 Å². The number of aliphatic hydroxyl groups excluding tert-OH is 1. The highest BCUT2D eigenvalue weighted by atomic mass is 79.9. The first kappa shape index (κ1) is 14.7. The van der Waals surface area contributed by atoms with Crippen molar-refractivity contribution in [3.8, 4) is 11.5 Å². The maximum absolute atomic E-state index is 10.5. The monoisotopic (exact) mass is 337 g/mol. The van der Waals surface area contributed by atoms with Crippen LogP contribution in [0.2, 0.25) is 0 Å². The summed E-state index contributed by atoms with van der Waals surface area (Å²) in [4.78, 5) is 0. The highest BCUT2D eigenvalue weighted by Crippen LogP contribution is 2.34. The van der Waals surface area contributed by atoms with E-state index in [1.807, 2.05) is 6.07 Å². The van der Waals surface area contributed by atoms with Crippen molar-refractivity contribution in [1.82, 2.24) is 0 Å². The van der Waals surface area contributed by atoms with Crippen LogP contribution >= 0.6 is 15.9 Å². The van der Waals surface area contributed by atoms with Crippen molar-refractivity contribution in [2.75, 3.05) is 20.0 Å². The molecule has 0 radical (unpaired) electrons. The van der Waals surface area contributed by atoms with Gasteiger partial charge < -0.3 is 20.3 Å². The largest absolute Gasteiger partial charge is 0.493 e. The number of methoxy groups -OCH3 is 2. The Morgan fingerprint density at radius 1 is 1.05 bits per heavy atom. The minimum absolute atomic E-state index is 0.537. The molecule has 20 heavy (non-hydrogen) atoms. The third kappa shape index (κ3) is 2.89. The lowest BCUT2D eigenvalue weighted by Gasteiger charge is -2.16. The van der Waals surface area contributed by atoms with Crippen LogP contribution < -0.4 is 15.2 Å². The van der Waals surface area contributed by atoms with Crippen molar-refractivity contribution in [2.24, 2.45) is 0 Å². The van der Waals surface area contributed by atoms with E-state index in [4.69, 9.17) is 15.2 Å². The van der Waals surface area contributed by atoms with E-state index in [9.17, 15) is 5.11 Å². The Morgan fingerprint density at radius 3 is 2.40 bits per heavy atom. The van der Waals surface area contributed by atoms with E-state index in [1.54, 1.807) is 44.6 Å². The maximum atomic E-state index is 10.5. The van der Waals surface area contributed by atoms with Crippen LogP contribution in [-0.2, 0) is 0 Å². The van der Waals surface area contributed by atoms with Gasteiger partial charge in [-0.2, -0.15) is 0 Å². The van der Waals surface area contributed by atoms with E-state index < -0.39 is 6.10 Å². The fraction of sp³-hybridized carbons (Fsp3) is 0.200. The molecule has 0 aliphatic heterocycles. The molecule has 0 aliphatic carbocycles. The third-order valence-electron chi connectivity index (χ3n) is 3.07. The predicted molar refractivity (Wildman–Crippen MR) is 82.2 cm³/mol. The summed E-state index contributed by atoms with van der Waals surface area (Å²) in [6, 6.07) is 10.7. The van der Waals surface area contributed by atoms with E-state index in [1.165, 1.54) is 0 Å². The summed E-state index contributed by atoms with van der Waals surface area (Å²) in [6.45, 7) is 0. The first-order chi connectivity index (χ1) is 9.56. The van der Waals surface area contributed by atoms with Crippen LogP contribution in [0.25, 0.3) is 0 Å². The molecule has 0 aliphatic rings. The van der Waals surface area contributed by atoms with Crippen molar-refractivity contribution in [2.45, 2.75) is 6.10 Å². The van der Waals surface area contributed by atoms with E-state index >= 15 is 0 Å². The van der Waals surface area contributed by atoms with Gasteiger partial charge in [0, 0.05) is 15.7 Å². The van der Waals surface area contributed by atoms with Crippen molar-refractivity contribution >= 4 is 21.6 Å². The highest BCUT2D eigenvalue weighted by molar-refractivity contribution is 9.10. The molecular weight excluding hydrogens is 322 g/mol. The Bertz CT molecular complexity index is 616. The lowest BCUT2D eigenvalue weighted by Crippen LogP contribution is -2.04. The summed E-state index contributed by atoms with van der Waals surface area (Å²) in [5.74, 6) is 1.18. The smallest absolute Gasteiger partial charge is 0.161 e. The molecule has 4 nitrogen and oxygen atoms in total. The molecule has 0 heterocycles. The average molecular weight is 338 g/mol. The van der Waals surface area contributed by atoms with Gasteiger partial charge in [-0.25, -0.2) is 0 Å². The van der Waals surface area contributed by atoms with Gasteiger partial charge >= 0.3 is 0 Å². The normalized spacial score (nSPS) is 12.0. The van der Waals surface area contributed by atoms with Crippen molar-refractivity contribution in [3.05, 3.63) is 52.0 Å². The topological polar surface area (TPSA) is 64.7 Å². The molecule has 106 valence electrons. The summed E-state index contributed by atoms with van der Waals surface area (Å²) < 4.78 is 11.3. The molecule has 1 unspecified atom stereocenters. The van der Waals surface area contributed by atoms with E-state index in [0.29, 0.717) is 28.3 Å². The molecule has 2 rings (SSSR count). The Kier molecular flexibility index (Phi) is 4.52. The zero-order valence-electron chi connectivity index (χ0n) is 11.3. The number of benzene rings is 2. The molecule has 0 aromatic heterocycles. The van der Waals surface area contributed by atoms with Crippen molar-refractivity contribution in [1.29, 1.82) is 0 Å². The fourth-order valence-corrected chi connectivity index (χ4v) is 2.36. The molecule has 0 fully saturated rings. The average Bonchev–Trinajstić information content (AvgIpc) is 2.48. The second-order valence-electron chi connectivity index (χ2n) is 4.29. The van der Waals surface area contributed by atoms with Gasteiger partial charge in [0.2, 0.25) is 0 Å². The van der Waals surface area contributed by atoms with Crippen molar-refractivity contribution < 1.29 is 14.6 Å². The van der Waals surface area contributed by atoms with Gasteiger partial charge in [-0.3, -0.25) is 0 Å². The number of nitrogen functional groups attached to an aromatic ring is 1. The minimum Gasteiger partial charge on any atom is -0.493 e. The van der Waals surface area contributed by atoms with Gasteiger partial charge in [-0.15, -0.1) is 0 Å². The molecule has 0 bridgehead atoms. The number of aliphatic hydroxyl groups is 1. The minimum atomic E-state index is -0.827. The first-order valence-electron chi connectivity index (χ1n) is 6.01. The Morgan fingerprint density at radius 2 is 1.75 bits per heavy atom. The second kappa shape index (κ2) is 6.15. The first-order valence-corrected chi connectivity index (χ1v) is 6.81. The number of hydrogen-bond donors (Lipinski definition) is 2. The number of rotatable bonds is 4. The highest BCUT2D eigenvalue weighted by Gasteiger charge is 2.16. The van der Waals surface area contributed by atoms with Gasteiger partial charge in [0.1, 0.15) is 6.10 Å². The van der Waals surface area contributed by atoms with Gasteiger partial charge in [-0.1, -0.05) is 22.0 Å². The summed E-state index contributed by atoms with van der Waals surface area (Å²) in [6.07, 6.45) is -0.827. The molecular formula is C15H16BrNO3. The predicted octanol–water partition coefficient (Wildman–Crippen LogP) is 3.13. The van der Waals surface area contributed by atoms with E-state index in [0.717, 1.165) is 4.47 Å². The van der Waals surface area contributed by atoms with E-state index in [2.05, 4.69) is 15.9 Å². The molecule has 0 amide bonds. The van der Waals surface area contributed by atoms with Gasteiger partial charge in [0.25, 0.3) is 0 Å². The third-order valence-corrected chi connectivity index (χ3v) is 3.56. The molecule has 5 heteroatoms. The van der Waals surface area contributed by atoms with Crippen LogP contribution in [0.4, 0.5) is 5.69 Å². The second-order valence-corrected chi connectivity index (χ2v) is 5.21. The maximum Gasteiger partial charge on any atom is 0.161 e. The number of halogens is 1. The molecule has 2 aromatic carbocycles. The van der Waals surface area contributed by atoms with Gasteiger partial charge in [0.15, 0.2) is 11.5 Å². The van der Waals surface area contributed by atoms with Crippen LogP contribution in [0.15, 0.2) is 40.9 Å². The summed E-state index contributed by atoms with van der Waals surface area (Å²) in [7, 11) is 3.13. The number of nitrogens with two attached hydrogens (primary N) is 1. The molecule has 0 spiro atoms. The quantitative estimate of drug-likeness (QED) is 0.841. The van der Waals surface area contributed by atoms with Crippen LogP contribution in [0.5, 0.6) is 11.5 Å². The Balaban J connectivity index is 2.42. The number of hydrogen-bond acceptors (Lipinski definition) is 4. The van der Waals surface area contributed by atoms with Crippen LogP contribution in [0.1, 0.15) is 17.2 Å². The van der Waals surface area contributed by atoms with Crippen molar-refractivity contribution in [3.63, 3.8) is 0 Å². The fourth-order valence-electron chi connectivity index (χ4n) is 1.98. The van der Waals surface area contributed by atoms with Gasteiger partial charge in [0.05, 0.1) is 14.2 Å². The lowest BCUT2D eigenvalue weighted by atomic mass is 9.99. The van der Waals surface area contributed by atoms with E-state index in [-0.39, 0.29) is 0 Å². The van der Waals surface area contributed by atoms with Crippen LogP contribution in [-0.4, -0.2) is 19.3 Å². The Labute approximate surface area is 126 Å². The number of anilines is 1. The molecule has 0 saturated heterocycles. The molecule has 3 N–H and O–H groups in total. The molecule has 1 atom stereocenters. The zero-order valence-corrected chi connectivity index (χ0v) is 12.8. The molecule has 2 aromatic rings. The molecule has 0 saturated carbocycles.